The highest BCUT2D eigenvalue weighted by Gasteiger charge is 2.20. The average molecular weight is 308 g/mol. The molecule has 2 aromatic rings. The predicted octanol–water partition coefficient (Wildman–Crippen LogP) is 2.55. The molecule has 0 amide bonds. The molecule has 1 aromatic heterocycles. The fourth-order valence-electron chi connectivity index (χ4n) is 2.08. The van der Waals surface area contributed by atoms with E-state index < -0.39 is 23.3 Å². The van der Waals surface area contributed by atoms with Crippen LogP contribution in [0.3, 0.4) is 0 Å². The van der Waals surface area contributed by atoms with Gasteiger partial charge in [-0.15, -0.1) is 0 Å². The maximum Gasteiger partial charge on any atom is 0.253 e. The summed E-state index contributed by atoms with van der Waals surface area (Å²) in [5.74, 6) is -1.69. The van der Waals surface area contributed by atoms with Crippen LogP contribution in [0.25, 0.3) is 0 Å². The Bertz CT molecular complexity index is 715. The van der Waals surface area contributed by atoms with Gasteiger partial charge in [-0.1, -0.05) is 26.8 Å². The molecule has 118 valence electrons. The highest BCUT2D eigenvalue weighted by molar-refractivity contribution is 5.22. The number of halogens is 2. The normalized spacial score (nSPS) is 13.2. The van der Waals surface area contributed by atoms with Crippen molar-refractivity contribution in [1.82, 2.24) is 9.55 Å². The fraction of sp³-hybridized carbons (Fsp3) is 0.375. The molecule has 0 fully saturated rings. The van der Waals surface area contributed by atoms with E-state index in [0.29, 0.717) is 5.69 Å². The summed E-state index contributed by atoms with van der Waals surface area (Å²) in [4.78, 5) is 16.2. The number of aliphatic hydroxyl groups excluding tert-OH is 1. The molecule has 0 saturated heterocycles. The number of hydrogen-bond donors (Lipinski definition) is 1. The van der Waals surface area contributed by atoms with E-state index in [9.17, 15) is 18.7 Å². The molecule has 22 heavy (non-hydrogen) atoms. The molecule has 1 aromatic carbocycles. The van der Waals surface area contributed by atoms with Crippen molar-refractivity contribution in [1.29, 1.82) is 0 Å². The topological polar surface area (TPSA) is 55.1 Å². The monoisotopic (exact) mass is 308 g/mol. The quantitative estimate of drug-likeness (QED) is 0.948. The van der Waals surface area contributed by atoms with Crippen molar-refractivity contribution >= 4 is 0 Å². The highest BCUT2D eigenvalue weighted by Crippen LogP contribution is 2.22. The lowest BCUT2D eigenvalue weighted by molar-refractivity contribution is 0.145. The lowest BCUT2D eigenvalue weighted by Crippen LogP contribution is -2.27. The predicted molar refractivity (Wildman–Crippen MR) is 78.5 cm³/mol. The summed E-state index contributed by atoms with van der Waals surface area (Å²) in [6.07, 6.45) is -0.188. The Morgan fingerprint density at radius 3 is 2.36 bits per heavy atom. The smallest absolute Gasteiger partial charge is 0.253 e. The van der Waals surface area contributed by atoms with Crippen LogP contribution in [-0.2, 0) is 12.0 Å². The summed E-state index contributed by atoms with van der Waals surface area (Å²) < 4.78 is 28.4. The lowest BCUT2D eigenvalue weighted by Gasteiger charge is -2.19. The third-order valence-electron chi connectivity index (χ3n) is 3.35. The first-order chi connectivity index (χ1) is 10.2. The minimum Gasteiger partial charge on any atom is -0.386 e. The molecule has 6 heteroatoms. The van der Waals surface area contributed by atoms with Gasteiger partial charge in [-0.3, -0.25) is 9.36 Å². The second-order valence-corrected chi connectivity index (χ2v) is 6.17. The number of aromatic nitrogens is 2. The van der Waals surface area contributed by atoms with Crippen LogP contribution in [-0.4, -0.2) is 14.7 Å². The second-order valence-electron chi connectivity index (χ2n) is 6.17. The first kappa shape index (κ1) is 16.3. The van der Waals surface area contributed by atoms with Crippen molar-refractivity contribution in [3.8, 4) is 0 Å². The zero-order valence-corrected chi connectivity index (χ0v) is 12.7. The minimum atomic E-state index is -1.47. The van der Waals surface area contributed by atoms with Crippen molar-refractivity contribution in [2.75, 3.05) is 0 Å². The minimum absolute atomic E-state index is 0.270. The zero-order valence-electron chi connectivity index (χ0n) is 12.7. The number of nitrogens with zero attached hydrogens (tertiary/aromatic N) is 2. The molecule has 0 radical (unpaired) electrons. The maximum atomic E-state index is 13.6. The van der Waals surface area contributed by atoms with Gasteiger partial charge < -0.3 is 5.11 Å². The van der Waals surface area contributed by atoms with E-state index in [0.717, 1.165) is 16.7 Å². The molecular formula is C16H18F2N2O2. The van der Waals surface area contributed by atoms with Gasteiger partial charge in [0.05, 0.1) is 24.1 Å². The third kappa shape index (κ3) is 3.39. The number of hydrogen-bond acceptors (Lipinski definition) is 3. The van der Waals surface area contributed by atoms with Gasteiger partial charge in [-0.2, -0.15) is 0 Å². The fourth-order valence-corrected chi connectivity index (χ4v) is 2.08. The summed E-state index contributed by atoms with van der Waals surface area (Å²) in [7, 11) is 0. The summed E-state index contributed by atoms with van der Waals surface area (Å²) in [5.41, 5.74) is -0.501. The first-order valence-electron chi connectivity index (χ1n) is 6.89. The molecule has 0 aliphatic rings. The van der Waals surface area contributed by atoms with Crippen LogP contribution < -0.4 is 5.56 Å². The molecule has 0 bridgehead atoms. The van der Waals surface area contributed by atoms with Crippen LogP contribution in [0.15, 0.2) is 35.4 Å². The second kappa shape index (κ2) is 5.96. The number of aliphatic hydroxyl groups is 1. The molecule has 0 aliphatic heterocycles. The largest absolute Gasteiger partial charge is 0.386 e. The molecule has 2 rings (SSSR count). The van der Waals surface area contributed by atoms with Crippen LogP contribution in [0.2, 0.25) is 0 Å². The van der Waals surface area contributed by atoms with E-state index in [1.54, 1.807) is 0 Å². The zero-order chi connectivity index (χ0) is 16.5. The summed E-state index contributed by atoms with van der Waals surface area (Å²) in [6.45, 7) is 5.49. The Hall–Kier alpha value is -2.08. The van der Waals surface area contributed by atoms with Crippen LogP contribution in [0.5, 0.6) is 0 Å². The van der Waals surface area contributed by atoms with Crippen molar-refractivity contribution < 1.29 is 13.9 Å². The van der Waals surface area contributed by atoms with Gasteiger partial charge in [0.25, 0.3) is 5.56 Å². The molecule has 0 aliphatic carbocycles. The van der Waals surface area contributed by atoms with E-state index in [2.05, 4.69) is 4.98 Å². The Morgan fingerprint density at radius 2 is 1.86 bits per heavy atom. The van der Waals surface area contributed by atoms with E-state index in [1.807, 2.05) is 20.8 Å². The van der Waals surface area contributed by atoms with Crippen LogP contribution in [0.4, 0.5) is 8.78 Å². The van der Waals surface area contributed by atoms with E-state index in [-0.39, 0.29) is 17.5 Å². The molecule has 1 atom stereocenters. The van der Waals surface area contributed by atoms with Crippen LogP contribution >= 0.6 is 0 Å². The van der Waals surface area contributed by atoms with E-state index in [1.165, 1.54) is 18.5 Å². The Kier molecular flexibility index (Phi) is 4.42. The van der Waals surface area contributed by atoms with Gasteiger partial charge in [-0.05, 0) is 12.1 Å². The summed E-state index contributed by atoms with van der Waals surface area (Å²) in [5, 5.41) is 10.0. The number of rotatable bonds is 3. The Labute approximate surface area is 127 Å². The van der Waals surface area contributed by atoms with E-state index in [4.69, 9.17) is 0 Å². The van der Waals surface area contributed by atoms with Crippen LogP contribution in [0.1, 0.15) is 38.1 Å². The average Bonchev–Trinajstić information content (AvgIpc) is 2.39. The van der Waals surface area contributed by atoms with Gasteiger partial charge in [0.1, 0.15) is 17.7 Å². The van der Waals surface area contributed by atoms with Gasteiger partial charge in [0.15, 0.2) is 0 Å². The molecule has 1 N–H and O–H groups in total. The van der Waals surface area contributed by atoms with Gasteiger partial charge in [0.2, 0.25) is 0 Å². The standard InChI is InChI=1S/C16H18F2N2O2/c1-16(2,3)13-7-14(22)20(9-19-13)8-12(21)15-10(17)5-4-6-11(15)18/h4-7,9,12,21H,8H2,1-3H3. The summed E-state index contributed by atoms with van der Waals surface area (Å²) >= 11 is 0. The van der Waals surface area contributed by atoms with Gasteiger partial charge in [-0.25, -0.2) is 13.8 Å². The lowest BCUT2D eigenvalue weighted by atomic mass is 9.92. The Balaban J connectivity index is 2.30. The molecule has 1 unspecified atom stereocenters. The summed E-state index contributed by atoms with van der Waals surface area (Å²) in [6, 6.07) is 4.70. The first-order valence-corrected chi connectivity index (χ1v) is 6.89. The Morgan fingerprint density at radius 1 is 1.27 bits per heavy atom. The van der Waals surface area contributed by atoms with Crippen molar-refractivity contribution in [2.45, 2.75) is 38.8 Å². The molecule has 0 saturated carbocycles. The van der Waals surface area contributed by atoms with Crippen molar-refractivity contribution in [2.24, 2.45) is 0 Å². The molecule has 4 nitrogen and oxygen atoms in total. The highest BCUT2D eigenvalue weighted by atomic mass is 19.1. The SMILES string of the molecule is CC(C)(C)c1cc(=O)n(CC(O)c2c(F)cccc2F)cn1. The molecule has 1 heterocycles. The van der Waals surface area contributed by atoms with Crippen LogP contribution in [0, 0.1) is 11.6 Å². The van der Waals surface area contributed by atoms with E-state index >= 15 is 0 Å². The van der Waals surface area contributed by atoms with Crippen molar-refractivity contribution in [3.63, 3.8) is 0 Å². The molecular weight excluding hydrogens is 290 g/mol. The molecule has 0 spiro atoms. The van der Waals surface area contributed by atoms with Gasteiger partial charge in [0, 0.05) is 11.5 Å². The maximum absolute atomic E-state index is 13.6. The van der Waals surface area contributed by atoms with Crippen molar-refractivity contribution in [3.05, 3.63) is 63.8 Å². The third-order valence-corrected chi connectivity index (χ3v) is 3.35. The van der Waals surface area contributed by atoms with Gasteiger partial charge >= 0.3 is 0 Å². The number of benzene rings is 1.